The molecule has 0 unspecified atom stereocenters. The van der Waals surface area contributed by atoms with Gasteiger partial charge < -0.3 is 0 Å². The lowest BCUT2D eigenvalue weighted by atomic mass is 9.90. The number of hydrogen-bond donors (Lipinski definition) is 0. The van der Waals surface area contributed by atoms with Gasteiger partial charge in [0.15, 0.2) is 0 Å². The molecule has 0 N–H and O–H groups in total. The minimum Gasteiger partial charge on any atom is -0.200 e. The van der Waals surface area contributed by atoms with Gasteiger partial charge in [-0.1, -0.05) is 0 Å². The number of hydrogen-bond acceptors (Lipinski definition) is 0. The Morgan fingerprint density at radius 3 is 0.917 bits per heavy atom. The summed E-state index contributed by atoms with van der Waals surface area (Å²) >= 11 is 0. The molecule has 0 aromatic rings. The molecule has 0 amide bonds. The lowest BCUT2D eigenvalue weighted by Crippen LogP contribution is -2.72. The second-order valence-corrected chi connectivity index (χ2v) is 4.32. The van der Waals surface area contributed by atoms with Crippen LogP contribution in [0.3, 0.4) is 0 Å². The molecule has 15 heteroatoms. The van der Waals surface area contributed by atoms with E-state index in [0.717, 1.165) is 0 Å². The zero-order chi connectivity index (χ0) is 20.2. The molecule has 145 valence electrons. The fraction of sp³-hybridized carbons (Fsp3) is 0.889. The summed E-state index contributed by atoms with van der Waals surface area (Å²) in [5.74, 6) is -46.0. The van der Waals surface area contributed by atoms with Gasteiger partial charge in [0.25, 0.3) is 0 Å². The van der Waals surface area contributed by atoms with Crippen molar-refractivity contribution in [2.24, 2.45) is 0 Å². The average Bonchev–Trinajstić information content (AvgIpc) is 2.36. The third-order valence-electron chi connectivity index (χ3n) is 2.71. The van der Waals surface area contributed by atoms with Crippen molar-refractivity contribution < 1.29 is 65.9 Å². The van der Waals surface area contributed by atoms with Crippen LogP contribution in [0, 0.1) is 6.92 Å². The highest BCUT2D eigenvalue weighted by Gasteiger charge is 2.93. The number of rotatable bonds is 6. The van der Waals surface area contributed by atoms with Crippen molar-refractivity contribution in [1.82, 2.24) is 0 Å². The van der Waals surface area contributed by atoms with E-state index < -0.39 is 48.1 Å². The van der Waals surface area contributed by atoms with Gasteiger partial charge in [0, 0.05) is 6.42 Å². The van der Waals surface area contributed by atoms with Crippen LogP contribution in [0.15, 0.2) is 0 Å². The summed E-state index contributed by atoms with van der Waals surface area (Å²) in [4.78, 5) is 0. The molecule has 0 spiro atoms. The van der Waals surface area contributed by atoms with Crippen molar-refractivity contribution in [2.75, 3.05) is 0 Å². The zero-order valence-electron chi connectivity index (χ0n) is 10.6. The van der Waals surface area contributed by atoms with Crippen molar-refractivity contribution in [3.63, 3.8) is 0 Å². The van der Waals surface area contributed by atoms with Crippen LogP contribution >= 0.6 is 0 Å². The SMILES string of the molecule is [CH2]CC(F)(F)C(F)(F)C(F)(F)C(F)(F)C(F)(F)C(F)(F)C(F)(F)F. The quantitative estimate of drug-likeness (QED) is 0.513. The fourth-order valence-corrected chi connectivity index (χ4v) is 1.16. The smallest absolute Gasteiger partial charge is 0.200 e. The first-order chi connectivity index (χ1) is 10.1. The van der Waals surface area contributed by atoms with E-state index in [1.807, 2.05) is 6.92 Å². The van der Waals surface area contributed by atoms with E-state index in [4.69, 9.17) is 0 Å². The van der Waals surface area contributed by atoms with Crippen LogP contribution in [0.4, 0.5) is 65.9 Å². The Bertz CT molecular complexity index is 456. The highest BCUT2D eigenvalue weighted by Crippen LogP contribution is 2.62. The van der Waals surface area contributed by atoms with Crippen LogP contribution < -0.4 is 0 Å². The molecule has 1 radical (unpaired) electrons. The van der Waals surface area contributed by atoms with Crippen LogP contribution in [0.25, 0.3) is 0 Å². The summed E-state index contributed by atoms with van der Waals surface area (Å²) in [6.45, 7) is 1.95. The lowest BCUT2D eigenvalue weighted by molar-refractivity contribution is -0.452. The molecule has 0 bridgehead atoms. The predicted octanol–water partition coefficient (Wildman–Crippen LogP) is 5.58. The minimum atomic E-state index is -8.22. The van der Waals surface area contributed by atoms with Gasteiger partial charge in [0.2, 0.25) is 0 Å². The molecular weight excluding hydrogens is 393 g/mol. The Labute approximate surface area is 122 Å². The Balaban J connectivity index is 6.42. The molecule has 0 aliphatic carbocycles. The average molecular weight is 397 g/mol. The molecule has 0 aromatic heterocycles. The number of halogens is 15. The Morgan fingerprint density at radius 1 is 0.417 bits per heavy atom. The van der Waals surface area contributed by atoms with Crippen LogP contribution in [0.1, 0.15) is 6.42 Å². The van der Waals surface area contributed by atoms with E-state index in [0.29, 0.717) is 0 Å². The molecule has 0 saturated carbocycles. The van der Waals surface area contributed by atoms with E-state index in [2.05, 4.69) is 0 Å². The lowest BCUT2D eigenvalue weighted by Gasteiger charge is -2.41. The van der Waals surface area contributed by atoms with Gasteiger partial charge in [0.1, 0.15) is 0 Å². The van der Waals surface area contributed by atoms with E-state index >= 15 is 0 Å². The normalized spacial score (nSPS) is 16.5. The topological polar surface area (TPSA) is 0 Å². The third kappa shape index (κ3) is 2.66. The van der Waals surface area contributed by atoms with Crippen molar-refractivity contribution in [3.8, 4) is 0 Å². The number of alkyl halides is 15. The first-order valence-electron chi connectivity index (χ1n) is 5.19. The van der Waals surface area contributed by atoms with Crippen LogP contribution in [0.2, 0.25) is 0 Å². The highest BCUT2D eigenvalue weighted by atomic mass is 19.4. The summed E-state index contributed by atoms with van der Waals surface area (Å²) in [6, 6.07) is 0. The minimum absolute atomic E-state index is 1.95. The second-order valence-electron chi connectivity index (χ2n) is 4.32. The first-order valence-corrected chi connectivity index (χ1v) is 5.19. The van der Waals surface area contributed by atoms with E-state index in [1.54, 1.807) is 0 Å². The van der Waals surface area contributed by atoms with Crippen molar-refractivity contribution in [3.05, 3.63) is 6.92 Å². The predicted molar refractivity (Wildman–Crippen MR) is 45.7 cm³/mol. The molecule has 0 saturated heterocycles. The molecule has 0 aromatic carbocycles. The van der Waals surface area contributed by atoms with Crippen LogP contribution in [-0.2, 0) is 0 Å². The summed E-state index contributed by atoms with van der Waals surface area (Å²) in [6.07, 6.45) is -10.2. The van der Waals surface area contributed by atoms with E-state index in [1.165, 1.54) is 0 Å². The Kier molecular flexibility index (Phi) is 5.23. The van der Waals surface area contributed by atoms with Gasteiger partial charge in [0.05, 0.1) is 0 Å². The summed E-state index contributed by atoms with van der Waals surface area (Å²) in [5, 5.41) is 0. The van der Waals surface area contributed by atoms with E-state index in [9.17, 15) is 65.9 Å². The van der Waals surface area contributed by atoms with E-state index in [-0.39, 0.29) is 0 Å². The van der Waals surface area contributed by atoms with Gasteiger partial charge in [-0.3, -0.25) is 0 Å². The van der Waals surface area contributed by atoms with Crippen LogP contribution in [0.5, 0.6) is 0 Å². The molecule has 0 fully saturated rings. The summed E-state index contributed by atoms with van der Waals surface area (Å²) in [7, 11) is 0. The Hall–Kier alpha value is -1.05. The molecule has 0 rings (SSSR count). The van der Waals surface area contributed by atoms with Gasteiger partial charge in [-0.05, 0) is 6.92 Å². The van der Waals surface area contributed by atoms with Gasteiger partial charge >= 0.3 is 41.7 Å². The van der Waals surface area contributed by atoms with Gasteiger partial charge in [-0.2, -0.15) is 65.9 Å². The molecular formula is C9H4F15. The standard InChI is InChI=1S/C9H4F15/c1-2-3(10,11)4(12,13)5(14,15)6(16,17)7(18,19)8(20,21)9(22,23)24/h1-2H2. The highest BCUT2D eigenvalue weighted by molar-refractivity contribution is 5.12. The monoisotopic (exact) mass is 397 g/mol. The van der Waals surface area contributed by atoms with Crippen molar-refractivity contribution in [2.45, 2.75) is 48.1 Å². The van der Waals surface area contributed by atoms with Crippen molar-refractivity contribution in [1.29, 1.82) is 0 Å². The maximum Gasteiger partial charge on any atom is 0.460 e. The summed E-state index contributed by atoms with van der Waals surface area (Å²) < 4.78 is 188. The maximum atomic E-state index is 12.9. The molecule has 0 aliphatic heterocycles. The molecule has 0 aliphatic rings. The largest absolute Gasteiger partial charge is 0.460 e. The third-order valence-corrected chi connectivity index (χ3v) is 2.71. The molecule has 24 heavy (non-hydrogen) atoms. The first kappa shape index (κ1) is 22.9. The Morgan fingerprint density at radius 2 is 0.667 bits per heavy atom. The van der Waals surface area contributed by atoms with Gasteiger partial charge in [-0.15, -0.1) is 0 Å². The molecule has 0 nitrogen and oxygen atoms in total. The fourth-order valence-electron chi connectivity index (χ4n) is 1.16. The maximum absolute atomic E-state index is 12.9. The molecule has 0 atom stereocenters. The van der Waals surface area contributed by atoms with Crippen LogP contribution in [-0.4, -0.2) is 41.7 Å². The zero-order valence-corrected chi connectivity index (χ0v) is 10.6. The summed E-state index contributed by atoms with van der Waals surface area (Å²) in [5.41, 5.74) is 0. The van der Waals surface area contributed by atoms with Crippen molar-refractivity contribution >= 4 is 0 Å². The van der Waals surface area contributed by atoms with Gasteiger partial charge in [-0.25, -0.2) is 0 Å². The molecule has 0 heterocycles. The second kappa shape index (κ2) is 5.47.